The number of para-hydroxylation sites is 1. The molecule has 39 heavy (non-hydrogen) atoms. The number of nitrogens with one attached hydrogen (secondary N) is 2. The summed E-state index contributed by atoms with van der Waals surface area (Å²) in [6, 6.07) is 28.7. The van der Waals surface area contributed by atoms with Crippen molar-refractivity contribution >= 4 is 51.9 Å². The Labute approximate surface area is 234 Å². The van der Waals surface area contributed by atoms with Crippen molar-refractivity contribution < 1.29 is 9.90 Å². The SMILES string of the molecule is CC(Sc1nnc(CNc2cccc3ccccc23)n1-c1ccccc1)C(=O)NN=Cc1cc(Cl)ccc1O. The smallest absolute Gasteiger partial charge is 0.253 e. The van der Waals surface area contributed by atoms with Crippen LogP contribution >= 0.6 is 23.4 Å². The fraction of sp³-hybridized carbons (Fsp3) is 0.103. The van der Waals surface area contributed by atoms with Crippen LogP contribution in [0.3, 0.4) is 0 Å². The number of benzene rings is 4. The number of aromatic hydroxyl groups is 1. The van der Waals surface area contributed by atoms with E-state index in [2.05, 4.69) is 44.2 Å². The predicted molar refractivity (Wildman–Crippen MR) is 157 cm³/mol. The highest BCUT2D eigenvalue weighted by molar-refractivity contribution is 8.00. The number of phenolic OH excluding ortho intramolecular Hbond substituents is 1. The van der Waals surface area contributed by atoms with Crippen LogP contribution in [0.25, 0.3) is 16.5 Å². The van der Waals surface area contributed by atoms with E-state index in [1.165, 1.54) is 24.0 Å². The van der Waals surface area contributed by atoms with E-state index in [0.29, 0.717) is 28.1 Å². The minimum absolute atomic E-state index is 0.0143. The average molecular weight is 557 g/mol. The molecule has 5 rings (SSSR count). The van der Waals surface area contributed by atoms with Crippen molar-refractivity contribution in [2.45, 2.75) is 23.9 Å². The van der Waals surface area contributed by atoms with Gasteiger partial charge >= 0.3 is 0 Å². The summed E-state index contributed by atoms with van der Waals surface area (Å²) in [5, 5.41) is 29.0. The number of nitrogens with zero attached hydrogens (tertiary/aromatic N) is 4. The zero-order valence-corrected chi connectivity index (χ0v) is 22.5. The number of amides is 1. The number of hydrogen-bond acceptors (Lipinski definition) is 7. The molecule has 1 amide bonds. The first-order valence-electron chi connectivity index (χ1n) is 12.2. The lowest BCUT2D eigenvalue weighted by atomic mass is 10.1. The van der Waals surface area contributed by atoms with Gasteiger partial charge in [0.05, 0.1) is 18.0 Å². The van der Waals surface area contributed by atoms with E-state index in [1.54, 1.807) is 19.1 Å². The lowest BCUT2D eigenvalue weighted by Crippen LogP contribution is -2.27. The normalized spacial score (nSPS) is 12.1. The number of carbonyl (C=O) groups excluding carboxylic acids is 1. The highest BCUT2D eigenvalue weighted by Crippen LogP contribution is 2.28. The number of thioether (sulfide) groups is 1. The van der Waals surface area contributed by atoms with Crippen molar-refractivity contribution in [1.29, 1.82) is 0 Å². The molecule has 0 aliphatic carbocycles. The third-order valence-corrected chi connectivity index (χ3v) is 7.24. The summed E-state index contributed by atoms with van der Waals surface area (Å²) < 4.78 is 1.94. The number of carbonyl (C=O) groups is 1. The highest BCUT2D eigenvalue weighted by atomic mass is 35.5. The highest BCUT2D eigenvalue weighted by Gasteiger charge is 2.21. The lowest BCUT2D eigenvalue weighted by molar-refractivity contribution is -0.120. The Bertz CT molecular complexity index is 1630. The van der Waals surface area contributed by atoms with E-state index in [9.17, 15) is 9.90 Å². The molecule has 10 heteroatoms. The molecule has 0 spiro atoms. The second-order valence-electron chi connectivity index (χ2n) is 8.65. The summed E-state index contributed by atoms with van der Waals surface area (Å²) in [6.07, 6.45) is 1.35. The van der Waals surface area contributed by atoms with Gasteiger partial charge in [-0.2, -0.15) is 5.10 Å². The average Bonchev–Trinajstić information content (AvgIpc) is 3.36. The molecule has 1 heterocycles. The van der Waals surface area contributed by atoms with Gasteiger partial charge in [-0.15, -0.1) is 10.2 Å². The van der Waals surface area contributed by atoms with Crippen LogP contribution in [0.1, 0.15) is 18.3 Å². The van der Waals surface area contributed by atoms with Gasteiger partial charge in [0.1, 0.15) is 5.75 Å². The van der Waals surface area contributed by atoms with Gasteiger partial charge in [0.15, 0.2) is 11.0 Å². The fourth-order valence-electron chi connectivity index (χ4n) is 3.98. The third-order valence-electron chi connectivity index (χ3n) is 5.96. The molecule has 0 aliphatic rings. The Morgan fingerprint density at radius 2 is 1.82 bits per heavy atom. The van der Waals surface area contributed by atoms with E-state index in [-0.39, 0.29) is 11.7 Å². The molecule has 1 aromatic heterocycles. The molecule has 0 bridgehead atoms. The predicted octanol–water partition coefficient (Wildman–Crippen LogP) is 6.02. The number of anilines is 1. The Balaban J connectivity index is 1.33. The number of phenols is 1. The molecule has 0 aliphatic heterocycles. The van der Waals surface area contributed by atoms with Crippen molar-refractivity contribution in [2.75, 3.05) is 5.32 Å². The zero-order valence-electron chi connectivity index (χ0n) is 21.0. The van der Waals surface area contributed by atoms with E-state index in [4.69, 9.17) is 11.6 Å². The quantitative estimate of drug-likeness (QED) is 0.116. The molecular formula is C29H25ClN6O2S. The first kappa shape index (κ1) is 26.3. The molecule has 0 fully saturated rings. The van der Waals surface area contributed by atoms with E-state index >= 15 is 0 Å². The zero-order chi connectivity index (χ0) is 27.2. The largest absolute Gasteiger partial charge is 0.507 e. The maximum Gasteiger partial charge on any atom is 0.253 e. The summed E-state index contributed by atoms with van der Waals surface area (Å²) in [4.78, 5) is 12.8. The Morgan fingerprint density at radius 1 is 1.05 bits per heavy atom. The molecule has 0 saturated carbocycles. The molecule has 0 saturated heterocycles. The van der Waals surface area contributed by atoms with Gasteiger partial charge in [0.2, 0.25) is 0 Å². The van der Waals surface area contributed by atoms with Crippen LogP contribution in [0.5, 0.6) is 5.75 Å². The number of hydrogen-bond donors (Lipinski definition) is 3. The molecule has 0 radical (unpaired) electrons. The Kier molecular flexibility index (Phi) is 8.10. The summed E-state index contributed by atoms with van der Waals surface area (Å²) in [6.45, 7) is 2.20. The molecule has 1 unspecified atom stereocenters. The van der Waals surface area contributed by atoms with Gasteiger partial charge < -0.3 is 10.4 Å². The topological polar surface area (TPSA) is 104 Å². The van der Waals surface area contributed by atoms with E-state index in [1.807, 2.05) is 59.2 Å². The molecule has 3 N–H and O–H groups in total. The first-order valence-corrected chi connectivity index (χ1v) is 13.4. The van der Waals surface area contributed by atoms with Crippen molar-refractivity contribution in [3.8, 4) is 11.4 Å². The molecule has 196 valence electrons. The Hall–Kier alpha value is -4.34. The van der Waals surface area contributed by atoms with Crippen LogP contribution in [0.15, 0.2) is 101 Å². The minimum atomic E-state index is -0.527. The number of aromatic nitrogens is 3. The van der Waals surface area contributed by atoms with Gasteiger partial charge in [-0.3, -0.25) is 9.36 Å². The Morgan fingerprint density at radius 3 is 2.67 bits per heavy atom. The number of halogens is 1. The number of hydrazone groups is 1. The van der Waals surface area contributed by atoms with Crippen LogP contribution in [0.4, 0.5) is 5.69 Å². The first-order chi connectivity index (χ1) is 19.0. The summed E-state index contributed by atoms with van der Waals surface area (Å²) in [5.74, 6) is 0.398. The van der Waals surface area contributed by atoms with Crippen molar-refractivity contribution in [3.05, 3.63) is 107 Å². The molecule has 5 aromatic rings. The van der Waals surface area contributed by atoms with Crippen molar-refractivity contribution in [3.63, 3.8) is 0 Å². The van der Waals surface area contributed by atoms with Gasteiger partial charge in [-0.05, 0) is 48.7 Å². The second kappa shape index (κ2) is 12.0. The van der Waals surface area contributed by atoms with Crippen LogP contribution < -0.4 is 10.7 Å². The molecule has 8 nitrogen and oxygen atoms in total. The fourth-order valence-corrected chi connectivity index (χ4v) is 5.04. The molecule has 1 atom stereocenters. The summed E-state index contributed by atoms with van der Waals surface area (Å²) >= 11 is 7.24. The second-order valence-corrected chi connectivity index (χ2v) is 10.4. The molecular weight excluding hydrogens is 532 g/mol. The minimum Gasteiger partial charge on any atom is -0.507 e. The number of fused-ring (bicyclic) bond motifs is 1. The van der Waals surface area contributed by atoms with Crippen LogP contribution in [-0.4, -0.2) is 37.2 Å². The summed E-state index contributed by atoms with van der Waals surface area (Å²) in [5.41, 5.74) is 4.80. The van der Waals surface area contributed by atoms with Crippen LogP contribution in [-0.2, 0) is 11.3 Å². The van der Waals surface area contributed by atoms with Crippen molar-refractivity contribution in [2.24, 2.45) is 5.10 Å². The molecule has 4 aromatic carbocycles. The van der Waals surface area contributed by atoms with Gasteiger partial charge in [0.25, 0.3) is 5.91 Å². The van der Waals surface area contributed by atoms with Gasteiger partial charge in [-0.1, -0.05) is 78.0 Å². The third kappa shape index (κ3) is 6.22. The summed E-state index contributed by atoms with van der Waals surface area (Å²) in [7, 11) is 0. The van der Waals surface area contributed by atoms with Crippen molar-refractivity contribution in [1.82, 2.24) is 20.2 Å². The van der Waals surface area contributed by atoms with Gasteiger partial charge in [-0.25, -0.2) is 5.43 Å². The standard InChI is InChI=1S/C29H25ClN6O2S/c1-19(28(38)34-32-17-21-16-22(30)14-15-26(21)37)39-29-35-33-27(36(29)23-10-3-2-4-11-23)18-31-25-13-7-9-20-8-5-6-12-24(20)25/h2-17,19,31,37H,18H2,1H3,(H,34,38). The maximum atomic E-state index is 12.8. The van der Waals surface area contributed by atoms with Gasteiger partial charge in [0, 0.05) is 27.3 Å². The van der Waals surface area contributed by atoms with Crippen LogP contribution in [0, 0.1) is 0 Å². The number of rotatable bonds is 9. The van der Waals surface area contributed by atoms with Crippen LogP contribution in [0.2, 0.25) is 5.02 Å². The maximum absolute atomic E-state index is 12.8. The van der Waals surface area contributed by atoms with E-state index < -0.39 is 5.25 Å². The lowest BCUT2D eigenvalue weighted by Gasteiger charge is -2.14. The van der Waals surface area contributed by atoms with E-state index in [0.717, 1.165) is 22.1 Å². The monoisotopic (exact) mass is 556 g/mol.